The lowest BCUT2D eigenvalue weighted by atomic mass is 9.49. The average molecular weight is 417 g/mol. The molecule has 0 bridgehead atoms. The lowest BCUT2D eigenvalue weighted by Gasteiger charge is -2.56. The summed E-state index contributed by atoms with van der Waals surface area (Å²) >= 11 is 0. The van der Waals surface area contributed by atoms with Crippen LogP contribution in [-0.4, -0.2) is 45.3 Å². The van der Waals surface area contributed by atoms with Crippen molar-refractivity contribution < 1.29 is 20.1 Å². The lowest BCUT2D eigenvalue weighted by Crippen LogP contribution is -2.52. The average Bonchev–Trinajstić information content (AvgIpc) is 2.99. The molecule has 30 heavy (non-hydrogen) atoms. The summed E-state index contributed by atoms with van der Waals surface area (Å²) in [5.41, 5.74) is 2.53. The molecule has 0 aromatic heterocycles. The normalized spacial score (nSPS) is 41.3. The molecule has 0 saturated heterocycles. The minimum absolute atomic E-state index is 0.0340. The molecule has 2 fully saturated rings. The number of aliphatic hydroxyl groups is 3. The van der Waals surface area contributed by atoms with Crippen LogP contribution in [0.25, 0.3) is 0 Å². The SMILES string of the molecule is CC(C)(O)COC(C)(C)C1=CC[C@H]2C3=CC=C4CC(O)CC(O)[C@]4(C)[C@H]3CC[C@]12C. The predicted molar refractivity (Wildman–Crippen MR) is 119 cm³/mol. The van der Waals surface area contributed by atoms with E-state index in [4.69, 9.17) is 4.74 Å². The Balaban J connectivity index is 1.63. The fourth-order valence-corrected chi connectivity index (χ4v) is 7.00. The number of allylic oxidation sites excluding steroid dienone is 4. The van der Waals surface area contributed by atoms with E-state index in [1.807, 2.05) is 0 Å². The second-order valence-electron chi connectivity index (χ2n) is 11.8. The molecule has 0 radical (unpaired) electrons. The molecule has 4 rings (SSSR count). The Morgan fingerprint density at radius 1 is 1.10 bits per heavy atom. The van der Waals surface area contributed by atoms with E-state index in [0.717, 1.165) is 19.3 Å². The van der Waals surface area contributed by atoms with Gasteiger partial charge in [0, 0.05) is 11.8 Å². The number of fused-ring (bicyclic) bond motifs is 5. The van der Waals surface area contributed by atoms with Crippen molar-refractivity contribution in [1.29, 1.82) is 0 Å². The molecule has 3 N–H and O–H groups in total. The second kappa shape index (κ2) is 7.03. The van der Waals surface area contributed by atoms with Gasteiger partial charge in [-0.3, -0.25) is 0 Å². The standard InChI is InChI=1S/C26H40O4/c1-23(2,29)15-30-24(3,4)21-10-9-19-18-8-7-16-13-17(27)14-22(28)26(16,6)20(18)11-12-25(19,21)5/h7-8,10,17,19-20,22,27-29H,9,11-15H2,1-6H3/t17?,19-,20-,22?,25-,26-/m0/s1. The van der Waals surface area contributed by atoms with Gasteiger partial charge < -0.3 is 20.1 Å². The Bertz CT molecular complexity index is 798. The van der Waals surface area contributed by atoms with Crippen molar-refractivity contribution in [2.24, 2.45) is 22.7 Å². The van der Waals surface area contributed by atoms with Crippen LogP contribution in [0.5, 0.6) is 0 Å². The highest BCUT2D eigenvalue weighted by molar-refractivity contribution is 5.44. The minimum atomic E-state index is -0.849. The molecule has 6 atom stereocenters. The van der Waals surface area contributed by atoms with Gasteiger partial charge in [-0.25, -0.2) is 0 Å². The molecule has 168 valence electrons. The van der Waals surface area contributed by atoms with Crippen LogP contribution < -0.4 is 0 Å². The number of hydrogen-bond acceptors (Lipinski definition) is 4. The molecule has 4 aliphatic carbocycles. The minimum Gasteiger partial charge on any atom is -0.393 e. The highest BCUT2D eigenvalue weighted by Crippen LogP contribution is 2.64. The van der Waals surface area contributed by atoms with Crippen LogP contribution in [0.2, 0.25) is 0 Å². The third-order valence-corrected chi connectivity index (χ3v) is 8.67. The van der Waals surface area contributed by atoms with Crippen LogP contribution >= 0.6 is 0 Å². The smallest absolute Gasteiger partial charge is 0.0842 e. The van der Waals surface area contributed by atoms with Gasteiger partial charge in [-0.15, -0.1) is 0 Å². The monoisotopic (exact) mass is 416 g/mol. The number of rotatable bonds is 4. The largest absolute Gasteiger partial charge is 0.393 e. The molecule has 4 heteroatoms. The summed E-state index contributed by atoms with van der Waals surface area (Å²) < 4.78 is 6.25. The Labute approximate surface area is 181 Å². The zero-order valence-corrected chi connectivity index (χ0v) is 19.5. The molecule has 0 heterocycles. The first-order valence-corrected chi connectivity index (χ1v) is 11.6. The molecule has 2 unspecified atom stereocenters. The predicted octanol–water partition coefficient (Wildman–Crippen LogP) is 4.30. The van der Waals surface area contributed by atoms with Crippen LogP contribution in [0.3, 0.4) is 0 Å². The summed E-state index contributed by atoms with van der Waals surface area (Å²) in [6.45, 7) is 12.7. The van der Waals surface area contributed by atoms with Crippen LogP contribution in [-0.2, 0) is 4.74 Å². The van der Waals surface area contributed by atoms with Crippen molar-refractivity contribution >= 4 is 0 Å². The molecular formula is C26H40O4. The van der Waals surface area contributed by atoms with Gasteiger partial charge in [0.05, 0.1) is 30.0 Å². The molecule has 0 aromatic rings. The summed E-state index contributed by atoms with van der Waals surface area (Å²) in [5, 5.41) is 31.4. The van der Waals surface area contributed by atoms with Crippen molar-refractivity contribution in [2.75, 3.05) is 6.61 Å². The molecule has 4 aliphatic rings. The van der Waals surface area contributed by atoms with Crippen LogP contribution in [0.1, 0.15) is 73.6 Å². The quantitative estimate of drug-likeness (QED) is 0.598. The van der Waals surface area contributed by atoms with E-state index >= 15 is 0 Å². The number of aliphatic hydroxyl groups excluding tert-OH is 2. The first kappa shape index (κ1) is 22.3. The van der Waals surface area contributed by atoms with Crippen LogP contribution in [0.4, 0.5) is 0 Å². The molecule has 0 spiro atoms. The summed E-state index contributed by atoms with van der Waals surface area (Å²) in [6.07, 6.45) is 10.2. The first-order valence-electron chi connectivity index (χ1n) is 11.6. The summed E-state index contributed by atoms with van der Waals surface area (Å²) in [5.74, 6) is 0.760. The lowest BCUT2D eigenvalue weighted by molar-refractivity contribution is -0.0856. The Kier molecular flexibility index (Phi) is 5.22. The van der Waals surface area contributed by atoms with E-state index in [0.29, 0.717) is 31.3 Å². The van der Waals surface area contributed by atoms with Crippen molar-refractivity contribution in [2.45, 2.75) is 97.1 Å². The molecule has 0 aliphatic heterocycles. The molecular weight excluding hydrogens is 376 g/mol. The van der Waals surface area contributed by atoms with E-state index in [2.05, 4.69) is 45.9 Å². The van der Waals surface area contributed by atoms with Gasteiger partial charge >= 0.3 is 0 Å². The summed E-state index contributed by atoms with van der Waals surface area (Å²) in [6, 6.07) is 0. The Hall–Kier alpha value is -0.940. The van der Waals surface area contributed by atoms with E-state index in [9.17, 15) is 15.3 Å². The van der Waals surface area contributed by atoms with Crippen molar-refractivity contribution in [3.8, 4) is 0 Å². The highest BCUT2D eigenvalue weighted by atomic mass is 16.5. The van der Waals surface area contributed by atoms with Crippen LogP contribution in [0.15, 0.2) is 34.9 Å². The Morgan fingerprint density at radius 3 is 2.47 bits per heavy atom. The fraction of sp³-hybridized carbons (Fsp3) is 0.769. The highest BCUT2D eigenvalue weighted by Gasteiger charge is 2.58. The van der Waals surface area contributed by atoms with Crippen molar-refractivity contribution in [3.05, 3.63) is 34.9 Å². The Morgan fingerprint density at radius 2 is 1.80 bits per heavy atom. The first-order chi connectivity index (χ1) is 13.8. The number of ether oxygens (including phenoxy) is 1. The zero-order valence-electron chi connectivity index (χ0n) is 19.5. The molecule has 2 saturated carbocycles. The number of hydrogen-bond donors (Lipinski definition) is 3. The van der Waals surface area contributed by atoms with Crippen LogP contribution in [0, 0.1) is 22.7 Å². The van der Waals surface area contributed by atoms with Crippen molar-refractivity contribution in [1.82, 2.24) is 0 Å². The third kappa shape index (κ3) is 3.35. The summed E-state index contributed by atoms with van der Waals surface area (Å²) in [4.78, 5) is 0. The van der Waals surface area contributed by atoms with E-state index in [1.165, 1.54) is 16.7 Å². The van der Waals surface area contributed by atoms with Crippen molar-refractivity contribution in [3.63, 3.8) is 0 Å². The maximum Gasteiger partial charge on any atom is 0.0842 e. The molecule has 0 aromatic carbocycles. The third-order valence-electron chi connectivity index (χ3n) is 8.67. The molecule has 4 nitrogen and oxygen atoms in total. The zero-order chi connectivity index (χ0) is 22.1. The van der Waals surface area contributed by atoms with Gasteiger partial charge in [-0.2, -0.15) is 0 Å². The van der Waals surface area contributed by atoms with Gasteiger partial charge in [0.25, 0.3) is 0 Å². The van der Waals surface area contributed by atoms with Gasteiger partial charge in [-0.1, -0.05) is 43.2 Å². The summed E-state index contributed by atoms with van der Waals surface area (Å²) in [7, 11) is 0. The van der Waals surface area contributed by atoms with E-state index in [-0.39, 0.29) is 10.8 Å². The van der Waals surface area contributed by atoms with Gasteiger partial charge in [-0.05, 0) is 76.2 Å². The fourth-order valence-electron chi connectivity index (χ4n) is 7.00. The maximum atomic E-state index is 11.0. The second-order valence-corrected chi connectivity index (χ2v) is 11.8. The van der Waals surface area contributed by atoms with Gasteiger partial charge in [0.2, 0.25) is 0 Å². The topological polar surface area (TPSA) is 69.9 Å². The molecule has 0 amide bonds. The van der Waals surface area contributed by atoms with E-state index < -0.39 is 23.4 Å². The maximum absolute atomic E-state index is 11.0. The van der Waals surface area contributed by atoms with Gasteiger partial charge in [0.1, 0.15) is 0 Å². The van der Waals surface area contributed by atoms with E-state index in [1.54, 1.807) is 13.8 Å². The van der Waals surface area contributed by atoms with Gasteiger partial charge in [0.15, 0.2) is 0 Å².